The zero-order chi connectivity index (χ0) is 94.8. The molecule has 15 nitrogen and oxygen atoms in total. The van der Waals surface area contributed by atoms with Crippen LogP contribution < -0.4 is 10.6 Å². The van der Waals surface area contributed by atoms with Gasteiger partial charge >= 0.3 is 0 Å². The molecule has 0 atom stereocenters. The summed E-state index contributed by atoms with van der Waals surface area (Å²) in [6.45, 7) is 108. The second-order valence-electron chi connectivity index (χ2n) is 51.5. The molecule has 0 aliphatic heterocycles. The molecule has 702 valence electrons. The van der Waals surface area contributed by atoms with E-state index in [4.69, 9.17) is 23.7 Å². The van der Waals surface area contributed by atoms with Crippen LogP contribution in [0.2, 0.25) is 0 Å². The van der Waals surface area contributed by atoms with E-state index in [9.17, 15) is 38.4 Å². The number of ether oxygens (including phenoxy) is 5. The van der Waals surface area contributed by atoms with E-state index in [0.717, 1.165) is 104 Å². The lowest BCUT2D eigenvalue weighted by Crippen LogP contribution is -2.31. The van der Waals surface area contributed by atoms with E-state index in [0.29, 0.717) is 114 Å². The molecule has 0 aliphatic carbocycles. The minimum absolute atomic E-state index is 0.00680. The Morgan fingerprint density at radius 3 is 0.692 bits per heavy atom. The molecule has 0 aromatic heterocycles. The number of hydrogen-bond acceptors (Lipinski definition) is 13. The SMILES string of the molecule is CC(C)(C)CC(=O)C(C)(C)C.CC(C)(C)CC(=O)NCCOCC(=O)C(C)(C)C.CC(C)(C)CCC(=O)CCC(C)(C)C.CC(C)(C)CCC(C)(C)C.CC(C)(C)CCCC(=O)CCC(=O)C(C)(C)C.CC(C)(C)CCNC(=O)CC(C)(C)C.CC(C)(C)CCOCCOCC(=O)C(C)(C)C.CC(C)(C)CCOCCOCCC(C)(C)C. The Kier molecular flexibility index (Phi) is 65.8. The van der Waals surface area contributed by atoms with Crippen molar-refractivity contribution in [1.29, 1.82) is 0 Å². The van der Waals surface area contributed by atoms with Crippen molar-refractivity contribution in [1.82, 2.24) is 10.6 Å². The molecule has 0 aliphatic rings. The normalized spacial score (nSPS) is 12.9. The smallest absolute Gasteiger partial charge is 0.220 e. The zero-order valence-corrected chi connectivity index (χ0v) is 87.5. The van der Waals surface area contributed by atoms with Gasteiger partial charge in [0.15, 0.2) is 11.6 Å². The zero-order valence-electron chi connectivity index (χ0n) is 87.5. The molecule has 0 saturated heterocycles. The molecule has 0 bridgehead atoms. The van der Waals surface area contributed by atoms with Crippen LogP contribution in [0.5, 0.6) is 0 Å². The fraction of sp³-hybridized carbons (Fsp3) is 0.922. The summed E-state index contributed by atoms with van der Waals surface area (Å²) < 4.78 is 27.0. The summed E-state index contributed by atoms with van der Waals surface area (Å²) in [7, 11) is 0. The van der Waals surface area contributed by atoms with Crippen molar-refractivity contribution in [2.75, 3.05) is 79.2 Å². The average Bonchev–Trinajstić information content (AvgIpc) is 0.879. The van der Waals surface area contributed by atoms with Crippen LogP contribution in [-0.4, -0.2) is 126 Å². The third-order valence-electron chi connectivity index (χ3n) is 17.3. The van der Waals surface area contributed by atoms with Crippen LogP contribution in [0.15, 0.2) is 0 Å². The summed E-state index contributed by atoms with van der Waals surface area (Å²) >= 11 is 0. The van der Waals surface area contributed by atoms with E-state index >= 15 is 0 Å². The number of amides is 2. The number of carbonyl (C=O) groups excluding carboxylic acids is 8. The fourth-order valence-corrected chi connectivity index (χ4v) is 8.59. The Morgan fingerprint density at radius 2 is 0.444 bits per heavy atom. The molecule has 0 spiro atoms. The lowest BCUT2D eigenvalue weighted by molar-refractivity contribution is -0.132. The third kappa shape index (κ3) is 124. The van der Waals surface area contributed by atoms with Crippen molar-refractivity contribution in [3.8, 4) is 0 Å². The highest BCUT2D eigenvalue weighted by atomic mass is 16.5. The molecule has 117 heavy (non-hydrogen) atoms. The highest BCUT2D eigenvalue weighted by molar-refractivity contribution is 5.89. The van der Waals surface area contributed by atoms with Gasteiger partial charge in [0, 0.05) is 106 Å². The summed E-state index contributed by atoms with van der Waals surface area (Å²) in [5, 5.41) is 5.73. The quantitative estimate of drug-likeness (QED) is 0.0567. The van der Waals surface area contributed by atoms with E-state index in [1.165, 1.54) is 12.8 Å². The van der Waals surface area contributed by atoms with Gasteiger partial charge in [-0.15, -0.1) is 0 Å². The fourth-order valence-electron chi connectivity index (χ4n) is 8.59. The van der Waals surface area contributed by atoms with E-state index in [-0.39, 0.29) is 96.9 Å². The van der Waals surface area contributed by atoms with E-state index in [2.05, 4.69) is 239 Å². The second kappa shape index (κ2) is 59.6. The molecule has 0 aromatic carbocycles. The van der Waals surface area contributed by atoms with Gasteiger partial charge in [0.05, 0.1) is 33.0 Å². The van der Waals surface area contributed by atoms with Crippen molar-refractivity contribution in [3.63, 3.8) is 0 Å². The summed E-state index contributed by atoms with van der Waals surface area (Å²) in [6.07, 6.45) is 15.7. The Hall–Kier alpha value is -3.24. The maximum atomic E-state index is 11.6. The number of rotatable bonds is 35. The van der Waals surface area contributed by atoms with Gasteiger partial charge in [-0.25, -0.2) is 0 Å². The van der Waals surface area contributed by atoms with E-state index in [1.54, 1.807) is 0 Å². The summed E-state index contributed by atoms with van der Waals surface area (Å²) in [4.78, 5) is 92.2. The van der Waals surface area contributed by atoms with Gasteiger partial charge in [0.2, 0.25) is 11.8 Å². The Bertz CT molecular complexity index is 2550. The Balaban J connectivity index is -0.000000195. The van der Waals surface area contributed by atoms with E-state index in [1.807, 2.05) is 104 Å². The predicted octanol–water partition coefficient (Wildman–Crippen LogP) is 27.4. The maximum Gasteiger partial charge on any atom is 0.220 e. The minimum Gasteiger partial charge on any atom is -0.379 e. The highest BCUT2D eigenvalue weighted by Gasteiger charge is 2.28. The molecule has 0 rings (SSSR count). The molecular formula is C102H206N2O13. The molecule has 0 saturated carbocycles. The standard InChI is InChI=1S/C15H28O2.C14H27NO3.C14H28O3.C14H30O2.C13H26O.C12H25NO.C10H20O.C10H22/c1-14(2,3)11-7-8-12(16)9-10-13(17)15(4,5)6;1-13(2,3)9-12(17)15-7-8-18-10-11(16)14(4,5)6;1-13(2,3)7-8-16-9-10-17-11-12(15)14(4,5)6;1-13(2,3)7-9-15-11-12-16-10-8-14(4,5)6;1-12(2,3)9-7-11(14)8-10-13(4,5)6;1-11(2,3)7-8-13-10(14)9-12(4,5)6;1-9(2,3)7-8(11)10(4,5)6;1-9(2,3)7-8-10(4,5)6/h7-11H2,1-6H3;7-10H2,1-6H3,(H,15,17);7-11H2,1-6H3;7-12H2,1-6H3;7-10H2,1-6H3;7-9H2,1-6H3,(H,13,14);7H2,1-6H3;7-8H2,1-6H3. The molecule has 2 amide bonds. The van der Waals surface area contributed by atoms with Gasteiger partial charge < -0.3 is 34.3 Å². The predicted molar refractivity (Wildman–Crippen MR) is 505 cm³/mol. The van der Waals surface area contributed by atoms with Gasteiger partial charge in [0.1, 0.15) is 36.3 Å². The van der Waals surface area contributed by atoms with Gasteiger partial charge in [0.25, 0.3) is 0 Å². The van der Waals surface area contributed by atoms with Gasteiger partial charge in [-0.1, -0.05) is 332 Å². The van der Waals surface area contributed by atoms with Gasteiger partial charge in [-0.3, -0.25) is 38.4 Å². The summed E-state index contributed by atoms with van der Waals surface area (Å²) in [5.74, 6) is 1.58. The topological polar surface area (TPSA) is 207 Å². The molecule has 0 unspecified atom stereocenters. The molecule has 15 heteroatoms. The molecule has 0 radical (unpaired) electrons. The first kappa shape index (κ1) is 129. The molecule has 0 fully saturated rings. The van der Waals surface area contributed by atoms with Crippen molar-refractivity contribution in [2.24, 2.45) is 86.6 Å². The monoisotopic (exact) mass is 1670 g/mol. The van der Waals surface area contributed by atoms with Crippen molar-refractivity contribution < 1.29 is 62.0 Å². The molecule has 0 heterocycles. The maximum absolute atomic E-state index is 11.6. The number of nitrogens with one attached hydrogen (secondary N) is 2. The lowest BCUT2D eigenvalue weighted by Gasteiger charge is -2.24. The minimum atomic E-state index is -0.366. The van der Waals surface area contributed by atoms with Crippen LogP contribution in [0, 0.1) is 86.6 Å². The van der Waals surface area contributed by atoms with E-state index < -0.39 is 0 Å². The van der Waals surface area contributed by atoms with Crippen molar-refractivity contribution in [3.05, 3.63) is 0 Å². The van der Waals surface area contributed by atoms with Crippen LogP contribution in [0.4, 0.5) is 0 Å². The summed E-state index contributed by atoms with van der Waals surface area (Å²) in [6, 6.07) is 0. The number of ketones is 6. The lowest BCUT2D eigenvalue weighted by atomic mass is 9.80. The van der Waals surface area contributed by atoms with Crippen LogP contribution >= 0.6 is 0 Å². The second-order valence-corrected chi connectivity index (χ2v) is 51.5. The third-order valence-corrected chi connectivity index (χ3v) is 17.3. The van der Waals surface area contributed by atoms with Crippen LogP contribution in [0.3, 0.4) is 0 Å². The number of hydrogen-bond donors (Lipinski definition) is 2. The van der Waals surface area contributed by atoms with Gasteiger partial charge in [-0.05, 0) is 129 Å². The molecular weight excluding hydrogens is 1460 g/mol. The largest absolute Gasteiger partial charge is 0.379 e. The summed E-state index contributed by atoms with van der Waals surface area (Å²) in [5.41, 5.74) is 2.28. The first-order valence-electron chi connectivity index (χ1n) is 45.0. The van der Waals surface area contributed by atoms with Crippen LogP contribution in [0.1, 0.15) is 448 Å². The molecule has 2 N–H and O–H groups in total. The van der Waals surface area contributed by atoms with Crippen LogP contribution in [0.25, 0.3) is 0 Å². The Morgan fingerprint density at radius 1 is 0.197 bits per heavy atom. The average molecular weight is 1670 g/mol. The first-order chi connectivity index (χ1) is 51.4. The van der Waals surface area contributed by atoms with Crippen LogP contribution in [-0.2, 0) is 62.0 Å². The first-order valence-corrected chi connectivity index (χ1v) is 45.0. The van der Waals surface area contributed by atoms with Gasteiger partial charge in [-0.2, -0.15) is 0 Å². The number of carbonyl (C=O) groups is 8. The molecule has 0 aromatic rings. The highest BCUT2D eigenvalue weighted by Crippen LogP contribution is 2.32. The van der Waals surface area contributed by atoms with Crippen molar-refractivity contribution >= 4 is 46.5 Å². The van der Waals surface area contributed by atoms with Crippen molar-refractivity contribution in [2.45, 2.75) is 448 Å². The number of Topliss-reactive ketones (excluding diaryl/α,β-unsaturated/α-hetero) is 6. The Labute approximate surface area is 729 Å².